The molecule has 1 N–H and O–H groups in total. The summed E-state index contributed by atoms with van der Waals surface area (Å²) in [5.74, 6) is 2.67. The molecule has 0 saturated carbocycles. The molecule has 1 aromatic rings. The van der Waals surface area contributed by atoms with Gasteiger partial charge in [0, 0.05) is 17.1 Å². The van der Waals surface area contributed by atoms with E-state index in [4.69, 9.17) is 0 Å². The van der Waals surface area contributed by atoms with Gasteiger partial charge in [0.15, 0.2) is 0 Å². The first-order valence-corrected chi connectivity index (χ1v) is 7.03. The summed E-state index contributed by atoms with van der Waals surface area (Å²) in [4.78, 5) is 1.75. The van der Waals surface area contributed by atoms with Crippen molar-refractivity contribution in [1.29, 1.82) is 0 Å². The van der Waals surface area contributed by atoms with Crippen molar-refractivity contribution in [2.75, 3.05) is 24.6 Å². The van der Waals surface area contributed by atoms with Crippen LogP contribution in [-0.4, -0.2) is 24.6 Å². The zero-order chi connectivity index (χ0) is 10.5. The first-order chi connectivity index (χ1) is 7.38. The Bertz CT molecular complexity index is 288. The van der Waals surface area contributed by atoms with Gasteiger partial charge in [0.2, 0.25) is 0 Å². The maximum Gasteiger partial charge on any atom is 0.103 e. The number of hydrogen-bond donors (Lipinski definition) is 1. The molecular formula is C13H20NS+. The lowest BCUT2D eigenvalue weighted by Crippen LogP contribution is -3.12. The van der Waals surface area contributed by atoms with E-state index in [1.54, 1.807) is 4.90 Å². The molecule has 1 aliphatic rings. The van der Waals surface area contributed by atoms with Crippen molar-refractivity contribution in [3.05, 3.63) is 35.4 Å². The number of hydrogen-bond acceptors (Lipinski definition) is 1. The molecule has 1 aliphatic heterocycles. The van der Waals surface area contributed by atoms with Gasteiger partial charge in [0.1, 0.15) is 6.54 Å². The van der Waals surface area contributed by atoms with E-state index in [0.717, 1.165) is 6.42 Å². The van der Waals surface area contributed by atoms with Gasteiger partial charge in [-0.25, -0.2) is 0 Å². The highest BCUT2D eigenvalue weighted by Crippen LogP contribution is 2.04. The molecule has 1 fully saturated rings. The van der Waals surface area contributed by atoms with Gasteiger partial charge in [-0.3, -0.25) is 0 Å². The van der Waals surface area contributed by atoms with Crippen molar-refractivity contribution >= 4 is 11.8 Å². The highest BCUT2D eigenvalue weighted by atomic mass is 32.2. The van der Waals surface area contributed by atoms with Gasteiger partial charge in [-0.15, -0.1) is 0 Å². The highest BCUT2D eigenvalue weighted by Gasteiger charge is 2.13. The topological polar surface area (TPSA) is 4.44 Å². The van der Waals surface area contributed by atoms with Gasteiger partial charge in [-0.05, 0) is 12.0 Å². The maximum absolute atomic E-state index is 2.30. The van der Waals surface area contributed by atoms with Crippen LogP contribution in [0.5, 0.6) is 0 Å². The third-order valence-electron chi connectivity index (χ3n) is 3.09. The Morgan fingerprint density at radius 3 is 2.27 bits per heavy atom. The summed E-state index contributed by atoms with van der Waals surface area (Å²) in [6, 6.07) is 9.14. The van der Waals surface area contributed by atoms with Gasteiger partial charge in [0.05, 0.1) is 13.1 Å². The van der Waals surface area contributed by atoms with Crippen LogP contribution in [0, 0.1) is 0 Å². The fourth-order valence-electron chi connectivity index (χ4n) is 2.02. The normalized spacial score (nSPS) is 17.9. The van der Waals surface area contributed by atoms with Crippen molar-refractivity contribution in [2.24, 2.45) is 0 Å². The Morgan fingerprint density at radius 2 is 1.67 bits per heavy atom. The zero-order valence-electron chi connectivity index (χ0n) is 9.46. The average Bonchev–Trinajstić information content (AvgIpc) is 2.31. The van der Waals surface area contributed by atoms with Gasteiger partial charge in [-0.1, -0.05) is 31.2 Å². The Labute approximate surface area is 96.9 Å². The number of thioether (sulfide) groups is 1. The summed E-state index contributed by atoms with van der Waals surface area (Å²) in [5.41, 5.74) is 2.94. The summed E-state index contributed by atoms with van der Waals surface area (Å²) in [7, 11) is 0. The van der Waals surface area contributed by atoms with E-state index in [1.807, 2.05) is 0 Å². The van der Waals surface area contributed by atoms with Gasteiger partial charge in [0.25, 0.3) is 0 Å². The van der Waals surface area contributed by atoms with E-state index in [0.29, 0.717) is 0 Å². The fourth-order valence-corrected chi connectivity index (χ4v) is 3.09. The molecule has 0 unspecified atom stereocenters. The van der Waals surface area contributed by atoms with E-state index < -0.39 is 0 Å². The van der Waals surface area contributed by atoms with E-state index in [9.17, 15) is 0 Å². The van der Waals surface area contributed by atoms with Crippen LogP contribution in [0.1, 0.15) is 18.1 Å². The SMILES string of the molecule is CCc1ccc(C[NH+]2CCSCC2)cc1. The Morgan fingerprint density at radius 1 is 1.07 bits per heavy atom. The molecular weight excluding hydrogens is 202 g/mol. The molecule has 1 saturated heterocycles. The van der Waals surface area contributed by atoms with Gasteiger partial charge >= 0.3 is 0 Å². The number of nitrogens with one attached hydrogen (secondary N) is 1. The maximum atomic E-state index is 2.30. The van der Waals surface area contributed by atoms with E-state index in [-0.39, 0.29) is 0 Å². The summed E-state index contributed by atoms with van der Waals surface area (Å²) in [6.45, 7) is 6.09. The molecule has 2 rings (SSSR count). The van der Waals surface area contributed by atoms with Crippen molar-refractivity contribution in [1.82, 2.24) is 0 Å². The number of rotatable bonds is 3. The van der Waals surface area contributed by atoms with Crippen molar-refractivity contribution in [3.8, 4) is 0 Å². The lowest BCUT2D eigenvalue weighted by molar-refractivity contribution is -0.910. The molecule has 82 valence electrons. The minimum atomic E-state index is 1.15. The molecule has 0 spiro atoms. The number of benzene rings is 1. The van der Waals surface area contributed by atoms with Crippen LogP contribution in [0.3, 0.4) is 0 Å². The third-order valence-corrected chi connectivity index (χ3v) is 4.07. The molecule has 0 aliphatic carbocycles. The molecule has 1 heterocycles. The summed E-state index contributed by atoms with van der Waals surface area (Å²) >= 11 is 2.09. The molecule has 0 bridgehead atoms. The predicted molar refractivity (Wildman–Crippen MR) is 67.5 cm³/mol. The largest absolute Gasteiger partial charge is 0.330 e. The Balaban J connectivity index is 1.91. The lowest BCUT2D eigenvalue weighted by Gasteiger charge is -2.23. The Hall–Kier alpha value is -0.470. The molecule has 15 heavy (non-hydrogen) atoms. The molecule has 1 aromatic carbocycles. The number of quaternary nitrogens is 1. The monoisotopic (exact) mass is 222 g/mol. The standard InChI is InChI=1S/C13H19NS/c1-2-12-3-5-13(6-4-12)11-14-7-9-15-10-8-14/h3-6H,2,7-11H2,1H3/p+1. The van der Waals surface area contributed by atoms with Crippen LogP contribution in [0.2, 0.25) is 0 Å². The second-order valence-corrected chi connectivity index (χ2v) is 5.43. The first-order valence-electron chi connectivity index (χ1n) is 5.87. The summed E-state index contributed by atoms with van der Waals surface area (Å²) < 4.78 is 0. The molecule has 1 nitrogen and oxygen atoms in total. The number of aryl methyl sites for hydroxylation is 1. The quantitative estimate of drug-likeness (QED) is 0.809. The van der Waals surface area contributed by atoms with Gasteiger partial charge in [-0.2, -0.15) is 11.8 Å². The fraction of sp³-hybridized carbons (Fsp3) is 0.538. The molecule has 0 radical (unpaired) electrons. The van der Waals surface area contributed by atoms with Crippen LogP contribution < -0.4 is 4.90 Å². The van der Waals surface area contributed by atoms with Gasteiger partial charge < -0.3 is 4.90 Å². The van der Waals surface area contributed by atoms with Crippen LogP contribution in [0.15, 0.2) is 24.3 Å². The second kappa shape index (κ2) is 5.57. The summed E-state index contributed by atoms with van der Waals surface area (Å²) in [6.07, 6.45) is 1.15. The second-order valence-electron chi connectivity index (χ2n) is 4.21. The van der Waals surface area contributed by atoms with Crippen LogP contribution in [-0.2, 0) is 13.0 Å². The average molecular weight is 222 g/mol. The van der Waals surface area contributed by atoms with Crippen molar-refractivity contribution < 1.29 is 4.90 Å². The molecule has 0 atom stereocenters. The molecule has 0 amide bonds. The van der Waals surface area contributed by atoms with Crippen LogP contribution >= 0.6 is 11.8 Å². The van der Waals surface area contributed by atoms with E-state index >= 15 is 0 Å². The Kier molecular flexibility index (Phi) is 4.09. The zero-order valence-corrected chi connectivity index (χ0v) is 10.3. The van der Waals surface area contributed by atoms with E-state index in [1.165, 1.54) is 42.3 Å². The smallest absolute Gasteiger partial charge is 0.103 e. The highest BCUT2D eigenvalue weighted by molar-refractivity contribution is 7.99. The lowest BCUT2D eigenvalue weighted by atomic mass is 10.1. The van der Waals surface area contributed by atoms with Crippen molar-refractivity contribution in [2.45, 2.75) is 19.9 Å². The summed E-state index contributed by atoms with van der Waals surface area (Å²) in [5, 5.41) is 0. The van der Waals surface area contributed by atoms with Crippen LogP contribution in [0.4, 0.5) is 0 Å². The third kappa shape index (κ3) is 3.25. The molecule has 2 heteroatoms. The predicted octanol–water partition coefficient (Wildman–Crippen LogP) is 1.38. The van der Waals surface area contributed by atoms with E-state index in [2.05, 4.69) is 43.0 Å². The van der Waals surface area contributed by atoms with Crippen LogP contribution in [0.25, 0.3) is 0 Å². The minimum Gasteiger partial charge on any atom is -0.330 e. The van der Waals surface area contributed by atoms with Crippen molar-refractivity contribution in [3.63, 3.8) is 0 Å². The molecule has 0 aromatic heterocycles. The first kappa shape index (κ1) is 11.0. The minimum absolute atomic E-state index is 1.15.